The van der Waals surface area contributed by atoms with Crippen molar-refractivity contribution in [3.8, 4) is 0 Å². The van der Waals surface area contributed by atoms with Crippen molar-refractivity contribution >= 4 is 22.3 Å². The van der Waals surface area contributed by atoms with Gasteiger partial charge in [-0.1, -0.05) is 6.07 Å². The van der Waals surface area contributed by atoms with Crippen molar-refractivity contribution in [2.24, 2.45) is 0 Å². The Morgan fingerprint density at radius 1 is 1.26 bits per heavy atom. The average molecular weight is 255 g/mol. The number of carbonyl (C=O) groups excluding carboxylic acids is 1. The first-order chi connectivity index (χ1) is 8.99. The number of aromatic nitrogens is 1. The van der Waals surface area contributed by atoms with E-state index in [2.05, 4.69) is 0 Å². The molecule has 0 amide bonds. The van der Waals surface area contributed by atoms with Gasteiger partial charge in [0.2, 0.25) is 0 Å². The summed E-state index contributed by atoms with van der Waals surface area (Å²) in [7, 11) is 0. The van der Waals surface area contributed by atoms with Gasteiger partial charge in [0.05, 0.1) is 11.2 Å². The lowest BCUT2D eigenvalue weighted by atomic mass is 10.1. The normalized spacial score (nSPS) is 11.3. The molecule has 3 aromatic rings. The predicted octanol–water partition coefficient (Wildman–Crippen LogP) is 2.87. The second-order valence-electron chi connectivity index (χ2n) is 4.79. The van der Waals surface area contributed by atoms with Gasteiger partial charge in [0.1, 0.15) is 5.56 Å². The number of nitrogens with zero attached hydrogens (tertiary/aromatic N) is 1. The molecule has 0 saturated carbocycles. The second kappa shape index (κ2) is 3.82. The molecule has 3 rings (SSSR count). The molecule has 0 bridgehead atoms. The zero-order chi connectivity index (χ0) is 13.7. The van der Waals surface area contributed by atoms with Crippen LogP contribution in [0, 0.1) is 13.8 Å². The topological polar surface area (TPSA) is 51.7 Å². The first-order valence-electron chi connectivity index (χ1n) is 6.05. The number of pyridine rings is 1. The maximum Gasteiger partial charge on any atom is 0.347 e. The number of hydrogen-bond acceptors (Lipinski definition) is 3. The maximum atomic E-state index is 11.8. The number of hydrogen-bond donors (Lipinski definition) is 0. The SMILES string of the molecule is CC(=O)c1cc2c(oc1=O)c(C)n1cc(C)ccc21. The Kier molecular flexibility index (Phi) is 2.35. The number of carbonyl (C=O) groups is 1. The van der Waals surface area contributed by atoms with Crippen molar-refractivity contribution in [3.05, 3.63) is 51.6 Å². The second-order valence-corrected chi connectivity index (χ2v) is 4.79. The van der Waals surface area contributed by atoms with Gasteiger partial charge in [0.25, 0.3) is 0 Å². The Labute approximate surface area is 109 Å². The number of rotatable bonds is 1. The molecule has 4 nitrogen and oxygen atoms in total. The zero-order valence-electron chi connectivity index (χ0n) is 11.0. The third-order valence-corrected chi connectivity index (χ3v) is 3.39. The molecule has 0 spiro atoms. The van der Waals surface area contributed by atoms with Crippen molar-refractivity contribution in [3.63, 3.8) is 0 Å². The maximum absolute atomic E-state index is 11.8. The summed E-state index contributed by atoms with van der Waals surface area (Å²) in [5, 5.41) is 0.794. The van der Waals surface area contributed by atoms with E-state index in [1.54, 1.807) is 6.07 Å². The van der Waals surface area contributed by atoms with Gasteiger partial charge >= 0.3 is 5.63 Å². The van der Waals surface area contributed by atoms with Crippen LogP contribution in [0.1, 0.15) is 28.5 Å². The van der Waals surface area contributed by atoms with Crippen molar-refractivity contribution in [1.29, 1.82) is 0 Å². The molecule has 0 saturated heterocycles. The molecular formula is C15H13NO3. The molecule has 19 heavy (non-hydrogen) atoms. The molecule has 0 aliphatic carbocycles. The first-order valence-corrected chi connectivity index (χ1v) is 6.05. The summed E-state index contributed by atoms with van der Waals surface area (Å²) in [4.78, 5) is 23.2. The fourth-order valence-electron chi connectivity index (χ4n) is 2.39. The number of fused-ring (bicyclic) bond motifs is 3. The predicted molar refractivity (Wildman–Crippen MR) is 72.9 cm³/mol. The Hall–Kier alpha value is -2.36. The fourth-order valence-corrected chi connectivity index (χ4v) is 2.39. The fraction of sp³-hybridized carbons (Fsp3) is 0.200. The third-order valence-electron chi connectivity index (χ3n) is 3.39. The molecule has 0 atom stereocenters. The van der Waals surface area contributed by atoms with E-state index < -0.39 is 5.63 Å². The molecule has 3 aromatic heterocycles. The summed E-state index contributed by atoms with van der Waals surface area (Å²) in [6.45, 7) is 5.26. The molecule has 3 heterocycles. The smallest absolute Gasteiger partial charge is 0.347 e. The third kappa shape index (κ3) is 1.60. The highest BCUT2D eigenvalue weighted by Crippen LogP contribution is 2.26. The average Bonchev–Trinajstić information content (AvgIpc) is 2.61. The molecule has 4 heteroatoms. The van der Waals surface area contributed by atoms with Gasteiger partial charge in [-0.2, -0.15) is 0 Å². The van der Waals surface area contributed by atoms with Gasteiger partial charge in [0.15, 0.2) is 11.4 Å². The number of aryl methyl sites for hydroxylation is 2. The van der Waals surface area contributed by atoms with Crippen LogP contribution >= 0.6 is 0 Å². The molecule has 0 aliphatic rings. The van der Waals surface area contributed by atoms with Crippen molar-refractivity contribution in [2.45, 2.75) is 20.8 Å². The van der Waals surface area contributed by atoms with E-state index in [-0.39, 0.29) is 11.3 Å². The van der Waals surface area contributed by atoms with E-state index in [4.69, 9.17) is 4.42 Å². The van der Waals surface area contributed by atoms with Crippen LogP contribution in [-0.4, -0.2) is 10.2 Å². The van der Waals surface area contributed by atoms with E-state index in [1.807, 2.05) is 36.6 Å². The molecule has 0 aromatic carbocycles. The lowest BCUT2D eigenvalue weighted by Gasteiger charge is -1.98. The molecule has 0 unspecified atom stereocenters. The van der Waals surface area contributed by atoms with Crippen LogP contribution in [0.25, 0.3) is 16.5 Å². The van der Waals surface area contributed by atoms with Crippen LogP contribution in [0.2, 0.25) is 0 Å². The van der Waals surface area contributed by atoms with Gasteiger partial charge in [-0.3, -0.25) is 4.79 Å². The summed E-state index contributed by atoms with van der Waals surface area (Å²) >= 11 is 0. The molecule has 96 valence electrons. The lowest BCUT2D eigenvalue weighted by Crippen LogP contribution is -2.10. The molecule has 0 aliphatic heterocycles. The van der Waals surface area contributed by atoms with Crippen LogP contribution in [0.15, 0.2) is 33.6 Å². The summed E-state index contributed by atoms with van der Waals surface area (Å²) in [5.41, 5.74) is 2.98. The number of Topliss-reactive ketones (excluding diaryl/α,β-unsaturated/α-hetero) is 1. The van der Waals surface area contributed by atoms with Gasteiger partial charge in [-0.05, 0) is 38.5 Å². The zero-order valence-corrected chi connectivity index (χ0v) is 11.0. The minimum atomic E-state index is -0.573. The minimum Gasteiger partial charge on any atom is -0.420 e. The molecule has 0 fully saturated rings. The van der Waals surface area contributed by atoms with Crippen LogP contribution in [0.4, 0.5) is 0 Å². The van der Waals surface area contributed by atoms with Crippen molar-refractivity contribution in [2.75, 3.05) is 0 Å². The Morgan fingerprint density at radius 2 is 2.00 bits per heavy atom. The van der Waals surface area contributed by atoms with Gasteiger partial charge in [-0.25, -0.2) is 4.79 Å². The number of ketones is 1. The van der Waals surface area contributed by atoms with Crippen LogP contribution in [0.5, 0.6) is 0 Å². The van der Waals surface area contributed by atoms with Crippen molar-refractivity contribution < 1.29 is 9.21 Å². The van der Waals surface area contributed by atoms with E-state index in [1.165, 1.54) is 6.92 Å². The Balaban J connectivity index is 2.56. The first kappa shape index (κ1) is 11.7. The monoisotopic (exact) mass is 255 g/mol. The van der Waals surface area contributed by atoms with Crippen LogP contribution in [0.3, 0.4) is 0 Å². The van der Waals surface area contributed by atoms with Crippen LogP contribution < -0.4 is 5.63 Å². The summed E-state index contributed by atoms with van der Waals surface area (Å²) in [6.07, 6.45) is 1.98. The lowest BCUT2D eigenvalue weighted by molar-refractivity contribution is 0.101. The highest BCUT2D eigenvalue weighted by molar-refractivity contribution is 6.02. The molecular weight excluding hydrogens is 242 g/mol. The van der Waals surface area contributed by atoms with E-state index >= 15 is 0 Å². The van der Waals surface area contributed by atoms with Gasteiger partial charge < -0.3 is 8.82 Å². The van der Waals surface area contributed by atoms with E-state index in [0.717, 1.165) is 22.2 Å². The standard InChI is InChI=1S/C15H13NO3/c1-8-4-5-13-12-6-11(10(3)17)15(18)19-14(12)9(2)16(13)7-8/h4-7H,1-3H3. The Bertz CT molecular complexity index is 884. The Morgan fingerprint density at radius 3 is 2.68 bits per heavy atom. The molecule has 0 N–H and O–H groups in total. The highest BCUT2D eigenvalue weighted by Gasteiger charge is 2.15. The summed E-state index contributed by atoms with van der Waals surface area (Å²) in [5.74, 6) is -0.278. The molecule has 0 radical (unpaired) electrons. The summed E-state index contributed by atoms with van der Waals surface area (Å²) in [6, 6.07) is 5.59. The minimum absolute atomic E-state index is 0.0978. The summed E-state index contributed by atoms with van der Waals surface area (Å²) < 4.78 is 7.29. The quantitative estimate of drug-likeness (QED) is 0.628. The van der Waals surface area contributed by atoms with Crippen LogP contribution in [-0.2, 0) is 0 Å². The van der Waals surface area contributed by atoms with Gasteiger partial charge in [-0.15, -0.1) is 0 Å². The largest absolute Gasteiger partial charge is 0.420 e. The van der Waals surface area contributed by atoms with E-state index in [9.17, 15) is 9.59 Å². The van der Waals surface area contributed by atoms with E-state index in [0.29, 0.717) is 5.58 Å². The highest BCUT2D eigenvalue weighted by atomic mass is 16.4. The van der Waals surface area contributed by atoms with Gasteiger partial charge in [0, 0.05) is 11.6 Å². The van der Waals surface area contributed by atoms with Crippen molar-refractivity contribution in [1.82, 2.24) is 4.40 Å².